The SMILES string of the molecule is CCOC(=O)N[C@@H](C)CO[P@@]1(=O)OC[C@H]2O[C@@H](n3cnc4c(OCC)nc(N)nc43)[C@](C)(F)[C@@H]2O1. The molecular weight excluding hydrogens is 490 g/mol. The molecule has 4 heterocycles. The fraction of sp³-hybridized carbons (Fsp3) is 0.684. The molecule has 2 aliphatic heterocycles. The van der Waals surface area contributed by atoms with E-state index in [2.05, 4.69) is 20.3 Å². The number of ether oxygens (including phenoxy) is 3. The van der Waals surface area contributed by atoms with Gasteiger partial charge in [0.05, 0.1) is 38.8 Å². The van der Waals surface area contributed by atoms with Crippen LogP contribution in [0.4, 0.5) is 15.1 Å². The second-order valence-electron chi connectivity index (χ2n) is 8.15. The molecule has 6 atom stereocenters. The Morgan fingerprint density at radius 2 is 2.20 bits per heavy atom. The van der Waals surface area contributed by atoms with Crippen LogP contribution in [0.1, 0.15) is 33.9 Å². The van der Waals surface area contributed by atoms with Crippen molar-refractivity contribution < 1.29 is 41.5 Å². The van der Waals surface area contributed by atoms with Gasteiger partial charge in [-0.1, -0.05) is 0 Å². The highest BCUT2D eigenvalue weighted by atomic mass is 31.2. The van der Waals surface area contributed by atoms with Gasteiger partial charge < -0.3 is 25.3 Å². The van der Waals surface area contributed by atoms with Crippen molar-refractivity contribution in [3.8, 4) is 5.88 Å². The number of phosphoric ester groups is 1. The molecular formula is C19H28FN6O8P. The van der Waals surface area contributed by atoms with E-state index in [-0.39, 0.29) is 42.8 Å². The molecule has 1 amide bonds. The molecule has 0 unspecified atom stereocenters. The molecule has 0 bridgehead atoms. The number of rotatable bonds is 8. The maximum atomic E-state index is 16.1. The van der Waals surface area contributed by atoms with Gasteiger partial charge >= 0.3 is 13.9 Å². The number of anilines is 1. The van der Waals surface area contributed by atoms with Gasteiger partial charge in [-0.15, -0.1) is 0 Å². The Balaban J connectivity index is 1.50. The number of hydrogen-bond donors (Lipinski definition) is 2. The van der Waals surface area contributed by atoms with Crippen LogP contribution in [0, 0.1) is 0 Å². The Morgan fingerprint density at radius 1 is 1.43 bits per heavy atom. The van der Waals surface area contributed by atoms with E-state index in [1.54, 1.807) is 20.8 Å². The van der Waals surface area contributed by atoms with Crippen LogP contribution in [-0.2, 0) is 27.6 Å². The van der Waals surface area contributed by atoms with E-state index in [0.717, 1.165) is 0 Å². The first-order chi connectivity index (χ1) is 16.6. The first kappa shape index (κ1) is 25.5. The van der Waals surface area contributed by atoms with Crippen molar-refractivity contribution >= 4 is 31.0 Å². The number of carbonyl (C=O) groups is 1. The fourth-order valence-electron chi connectivity index (χ4n) is 3.85. The van der Waals surface area contributed by atoms with Crippen LogP contribution in [0.15, 0.2) is 6.33 Å². The lowest BCUT2D eigenvalue weighted by molar-refractivity contribution is -0.0711. The number of carbonyl (C=O) groups excluding carboxylic acids is 1. The molecule has 0 radical (unpaired) electrons. The number of nitrogens with two attached hydrogens (primary N) is 1. The summed E-state index contributed by atoms with van der Waals surface area (Å²) >= 11 is 0. The molecule has 14 nitrogen and oxygen atoms in total. The zero-order valence-electron chi connectivity index (χ0n) is 19.7. The van der Waals surface area contributed by atoms with Crippen molar-refractivity contribution in [3.05, 3.63) is 6.33 Å². The summed E-state index contributed by atoms with van der Waals surface area (Å²) < 4.78 is 62.7. The van der Waals surface area contributed by atoms with Gasteiger partial charge in [0.2, 0.25) is 11.8 Å². The van der Waals surface area contributed by atoms with Crippen LogP contribution < -0.4 is 15.8 Å². The van der Waals surface area contributed by atoms with Gasteiger partial charge in [-0.3, -0.25) is 18.1 Å². The number of hydrogen-bond acceptors (Lipinski definition) is 12. The molecule has 2 aliphatic rings. The number of nitrogen functional groups attached to an aromatic ring is 1. The summed E-state index contributed by atoms with van der Waals surface area (Å²) in [4.78, 5) is 23.9. The molecule has 3 N–H and O–H groups in total. The molecule has 2 aromatic rings. The summed E-state index contributed by atoms with van der Waals surface area (Å²) in [6.07, 6.45) is -2.76. The summed E-state index contributed by atoms with van der Waals surface area (Å²) in [6, 6.07) is -0.573. The molecule has 4 rings (SSSR count). The van der Waals surface area contributed by atoms with Crippen molar-refractivity contribution in [3.63, 3.8) is 0 Å². The number of fused-ring (bicyclic) bond motifs is 2. The first-order valence-corrected chi connectivity index (χ1v) is 12.5. The standard InChI is InChI=1S/C19H28FN6O8P/c1-5-29-15-12-14(24-17(21)25-15)26(9-22-12)16-19(4,20)13-11(33-16)8-32-35(28,34-13)31-7-10(3)23-18(27)30-6-2/h9-11,13,16H,5-8H2,1-4H3,(H,23,27)(H2,21,24,25)/t10-,11+,13+,16+,19+,35-/m0/s1. The topological polar surface area (TPSA) is 171 Å². The smallest absolute Gasteiger partial charge is 0.475 e. The highest BCUT2D eigenvalue weighted by molar-refractivity contribution is 7.48. The zero-order chi connectivity index (χ0) is 25.4. The molecule has 2 saturated heterocycles. The number of phosphoric acid groups is 1. The van der Waals surface area contributed by atoms with Crippen molar-refractivity contribution in [1.82, 2.24) is 24.8 Å². The maximum absolute atomic E-state index is 16.1. The number of imidazole rings is 1. The summed E-state index contributed by atoms with van der Waals surface area (Å²) in [5.41, 5.74) is 4.09. The van der Waals surface area contributed by atoms with E-state index in [9.17, 15) is 9.36 Å². The van der Waals surface area contributed by atoms with E-state index in [4.69, 9.17) is 33.5 Å². The second-order valence-corrected chi connectivity index (χ2v) is 9.77. The lowest BCUT2D eigenvalue weighted by Crippen LogP contribution is -2.45. The van der Waals surface area contributed by atoms with Crippen LogP contribution >= 0.6 is 7.82 Å². The Kier molecular flexibility index (Phi) is 7.16. The third kappa shape index (κ3) is 5.05. The largest absolute Gasteiger partial charge is 0.476 e. The number of nitrogens with zero attached hydrogens (tertiary/aromatic N) is 4. The lowest BCUT2D eigenvalue weighted by atomic mass is 9.98. The molecule has 0 aliphatic carbocycles. The maximum Gasteiger partial charge on any atom is 0.475 e. The Hall–Kier alpha value is -2.58. The molecule has 0 spiro atoms. The summed E-state index contributed by atoms with van der Waals surface area (Å²) in [7, 11) is -4.15. The van der Waals surface area contributed by atoms with Crippen molar-refractivity contribution in [2.45, 2.75) is 57.8 Å². The molecule has 194 valence electrons. The zero-order valence-corrected chi connectivity index (χ0v) is 20.6. The van der Waals surface area contributed by atoms with Gasteiger partial charge in [0.15, 0.2) is 23.1 Å². The Morgan fingerprint density at radius 3 is 2.91 bits per heavy atom. The van der Waals surface area contributed by atoms with Crippen LogP contribution in [0.25, 0.3) is 11.2 Å². The second kappa shape index (κ2) is 9.82. The van der Waals surface area contributed by atoms with Crippen LogP contribution in [0.2, 0.25) is 0 Å². The number of alkyl halides is 1. The van der Waals surface area contributed by atoms with Gasteiger partial charge in [-0.05, 0) is 27.7 Å². The highest BCUT2D eigenvalue weighted by Gasteiger charge is 2.61. The van der Waals surface area contributed by atoms with Crippen molar-refractivity contribution in [1.29, 1.82) is 0 Å². The first-order valence-electron chi connectivity index (χ1n) is 11.1. The minimum absolute atomic E-state index is 0.0818. The molecule has 2 aromatic heterocycles. The van der Waals surface area contributed by atoms with E-state index in [1.807, 2.05) is 0 Å². The monoisotopic (exact) mass is 518 g/mol. The van der Waals surface area contributed by atoms with Gasteiger partial charge in [0.25, 0.3) is 0 Å². The van der Waals surface area contributed by atoms with E-state index in [0.29, 0.717) is 6.61 Å². The van der Waals surface area contributed by atoms with Gasteiger partial charge in [-0.25, -0.2) is 18.7 Å². The predicted molar refractivity (Wildman–Crippen MR) is 118 cm³/mol. The molecule has 35 heavy (non-hydrogen) atoms. The highest BCUT2D eigenvalue weighted by Crippen LogP contribution is 2.59. The number of alkyl carbamates (subject to hydrolysis) is 1. The number of nitrogens with one attached hydrogen (secondary N) is 1. The molecule has 16 heteroatoms. The van der Waals surface area contributed by atoms with Crippen LogP contribution in [0.5, 0.6) is 5.88 Å². The average Bonchev–Trinajstić information content (AvgIpc) is 3.31. The lowest BCUT2D eigenvalue weighted by Gasteiger charge is -2.34. The minimum atomic E-state index is -4.15. The summed E-state index contributed by atoms with van der Waals surface area (Å²) in [5.74, 6) is 0.0782. The van der Waals surface area contributed by atoms with Gasteiger partial charge in [-0.2, -0.15) is 9.97 Å². The van der Waals surface area contributed by atoms with Crippen LogP contribution in [-0.4, -0.2) is 76.0 Å². The third-order valence-electron chi connectivity index (χ3n) is 5.38. The molecule has 0 aromatic carbocycles. The van der Waals surface area contributed by atoms with Crippen molar-refractivity contribution in [2.75, 3.05) is 32.2 Å². The number of halogens is 1. The van der Waals surface area contributed by atoms with E-state index < -0.39 is 44.1 Å². The Bertz CT molecular complexity index is 1130. The van der Waals surface area contributed by atoms with E-state index >= 15 is 4.39 Å². The van der Waals surface area contributed by atoms with Gasteiger partial charge in [0.1, 0.15) is 12.2 Å². The van der Waals surface area contributed by atoms with Gasteiger partial charge in [0, 0.05) is 0 Å². The normalized spacial score (nSPS) is 31.2. The molecule has 0 saturated carbocycles. The summed E-state index contributed by atoms with van der Waals surface area (Å²) in [5, 5.41) is 2.50. The minimum Gasteiger partial charge on any atom is -0.476 e. The quantitative estimate of drug-likeness (QED) is 0.488. The Labute approximate surface area is 200 Å². The van der Waals surface area contributed by atoms with E-state index in [1.165, 1.54) is 17.8 Å². The molecule has 2 fully saturated rings. The fourth-order valence-corrected chi connectivity index (χ4v) is 5.40. The number of aromatic nitrogens is 4. The van der Waals surface area contributed by atoms with Crippen LogP contribution in [0.3, 0.4) is 0 Å². The average molecular weight is 518 g/mol. The van der Waals surface area contributed by atoms with Crippen molar-refractivity contribution in [2.24, 2.45) is 0 Å². The number of amides is 1. The predicted octanol–water partition coefficient (Wildman–Crippen LogP) is 2.11. The third-order valence-corrected chi connectivity index (χ3v) is 6.80. The summed E-state index contributed by atoms with van der Waals surface area (Å²) in [6.45, 7) is 6.35.